The second-order valence-electron chi connectivity index (χ2n) is 5.12. The van der Waals surface area contributed by atoms with Gasteiger partial charge in [-0.25, -0.2) is 0 Å². The fourth-order valence-corrected chi connectivity index (χ4v) is 2.57. The summed E-state index contributed by atoms with van der Waals surface area (Å²) in [5.41, 5.74) is 0.924. The van der Waals surface area contributed by atoms with Crippen molar-refractivity contribution < 1.29 is 9.59 Å². The first-order valence-corrected chi connectivity index (χ1v) is 7.42. The van der Waals surface area contributed by atoms with Gasteiger partial charge in [0.05, 0.1) is 5.92 Å². The molecule has 0 saturated carbocycles. The Labute approximate surface area is 129 Å². The van der Waals surface area contributed by atoms with Crippen molar-refractivity contribution in [3.63, 3.8) is 0 Å². The first-order valence-electron chi connectivity index (χ1n) is 7.04. The van der Waals surface area contributed by atoms with Crippen LogP contribution in [0.2, 0.25) is 5.02 Å². The van der Waals surface area contributed by atoms with E-state index in [9.17, 15) is 9.59 Å². The van der Waals surface area contributed by atoms with Crippen LogP contribution in [0.5, 0.6) is 0 Å². The third-order valence-corrected chi connectivity index (χ3v) is 3.89. The van der Waals surface area contributed by atoms with E-state index < -0.39 is 0 Å². The average Bonchev–Trinajstić information content (AvgIpc) is 2.53. The summed E-state index contributed by atoms with van der Waals surface area (Å²) in [7, 11) is 1.63. The van der Waals surface area contributed by atoms with Crippen molar-refractivity contribution in [1.29, 1.82) is 0 Å². The highest BCUT2D eigenvalue weighted by molar-refractivity contribution is 6.30. The van der Waals surface area contributed by atoms with Crippen LogP contribution in [-0.2, 0) is 9.59 Å². The molecule has 0 aliphatic carbocycles. The minimum absolute atomic E-state index is 0.00850. The van der Waals surface area contributed by atoms with E-state index in [1.807, 2.05) is 12.1 Å². The average molecular weight is 307 g/mol. The molecule has 4 nitrogen and oxygen atoms in total. The van der Waals surface area contributed by atoms with Gasteiger partial charge in [-0.3, -0.25) is 9.59 Å². The highest BCUT2D eigenvalue weighted by atomic mass is 35.5. The maximum Gasteiger partial charge on any atom is 0.246 e. The number of carbonyl (C=O) groups excluding carboxylic acids is 2. The topological polar surface area (TPSA) is 49.4 Å². The maximum atomic E-state index is 12.2. The molecule has 1 fully saturated rings. The van der Waals surface area contributed by atoms with E-state index >= 15 is 0 Å². The molecule has 5 heteroatoms. The predicted octanol–water partition coefficient (Wildman–Crippen LogP) is 2.34. The molecule has 2 amide bonds. The number of nitrogens with zero attached hydrogens (tertiary/aromatic N) is 1. The number of benzene rings is 1. The molecule has 0 bridgehead atoms. The van der Waals surface area contributed by atoms with Crippen LogP contribution in [0, 0.1) is 5.92 Å². The zero-order chi connectivity index (χ0) is 15.2. The Morgan fingerprint density at radius 2 is 2.05 bits per heavy atom. The summed E-state index contributed by atoms with van der Waals surface area (Å²) in [6.45, 7) is 1.20. The van der Waals surface area contributed by atoms with Gasteiger partial charge < -0.3 is 10.2 Å². The molecule has 21 heavy (non-hydrogen) atoms. The van der Waals surface area contributed by atoms with Gasteiger partial charge in [-0.05, 0) is 36.6 Å². The molecule has 2 rings (SSSR count). The van der Waals surface area contributed by atoms with Gasteiger partial charge in [0.25, 0.3) is 0 Å². The van der Waals surface area contributed by atoms with Gasteiger partial charge in [0.2, 0.25) is 11.8 Å². The summed E-state index contributed by atoms with van der Waals surface area (Å²) in [6.07, 6.45) is 5.01. The summed E-state index contributed by atoms with van der Waals surface area (Å²) in [5.74, 6) is -0.149. The van der Waals surface area contributed by atoms with Crippen LogP contribution in [0.15, 0.2) is 30.3 Å². The SMILES string of the molecule is CNC(=O)[C@H]1CCCN(C(=O)/C=C\c2ccc(Cl)cc2)C1. The zero-order valence-electron chi connectivity index (χ0n) is 12.0. The van der Waals surface area contributed by atoms with E-state index in [0.29, 0.717) is 18.1 Å². The minimum Gasteiger partial charge on any atom is -0.359 e. The third-order valence-electron chi connectivity index (χ3n) is 3.64. The number of halogens is 1. The van der Waals surface area contributed by atoms with E-state index in [4.69, 9.17) is 11.6 Å². The van der Waals surface area contributed by atoms with Crippen molar-refractivity contribution >= 4 is 29.5 Å². The number of rotatable bonds is 3. The van der Waals surface area contributed by atoms with E-state index in [1.54, 1.807) is 36.2 Å². The number of likely N-dealkylation sites (tertiary alicyclic amines) is 1. The Morgan fingerprint density at radius 3 is 2.71 bits per heavy atom. The molecule has 0 unspecified atom stereocenters. The summed E-state index contributed by atoms with van der Waals surface area (Å²) < 4.78 is 0. The predicted molar refractivity (Wildman–Crippen MR) is 83.9 cm³/mol. The van der Waals surface area contributed by atoms with Gasteiger partial charge >= 0.3 is 0 Å². The van der Waals surface area contributed by atoms with E-state index in [0.717, 1.165) is 18.4 Å². The van der Waals surface area contributed by atoms with Crippen molar-refractivity contribution in [1.82, 2.24) is 10.2 Å². The Kier molecular flexibility index (Phi) is 5.39. The molecule has 1 aromatic carbocycles. The number of nitrogens with one attached hydrogen (secondary N) is 1. The molecule has 0 aromatic heterocycles. The van der Waals surface area contributed by atoms with Crippen molar-refractivity contribution in [2.24, 2.45) is 5.92 Å². The number of carbonyl (C=O) groups is 2. The van der Waals surface area contributed by atoms with Crippen LogP contribution in [0.1, 0.15) is 18.4 Å². The molecule has 1 saturated heterocycles. The van der Waals surface area contributed by atoms with Crippen LogP contribution in [0.3, 0.4) is 0 Å². The Morgan fingerprint density at radius 1 is 1.33 bits per heavy atom. The number of piperidine rings is 1. The molecule has 1 atom stereocenters. The largest absolute Gasteiger partial charge is 0.359 e. The van der Waals surface area contributed by atoms with Crippen LogP contribution >= 0.6 is 11.6 Å². The van der Waals surface area contributed by atoms with Gasteiger partial charge in [-0.15, -0.1) is 0 Å². The van der Waals surface area contributed by atoms with E-state index in [1.165, 1.54) is 0 Å². The monoisotopic (exact) mass is 306 g/mol. The van der Waals surface area contributed by atoms with Crippen LogP contribution < -0.4 is 5.32 Å². The smallest absolute Gasteiger partial charge is 0.246 e. The second kappa shape index (κ2) is 7.27. The molecule has 1 heterocycles. The summed E-state index contributed by atoms with van der Waals surface area (Å²) in [6, 6.07) is 7.29. The molecule has 1 aliphatic rings. The molecular weight excluding hydrogens is 288 g/mol. The lowest BCUT2D eigenvalue weighted by Crippen LogP contribution is -2.44. The van der Waals surface area contributed by atoms with Gasteiger partial charge in [0.15, 0.2) is 0 Å². The number of hydrogen-bond acceptors (Lipinski definition) is 2. The molecule has 0 spiro atoms. The number of amides is 2. The normalized spacial score (nSPS) is 18.8. The molecule has 1 aliphatic heterocycles. The molecule has 0 radical (unpaired) electrons. The van der Waals surface area contributed by atoms with Crippen molar-refractivity contribution in [2.75, 3.05) is 20.1 Å². The van der Waals surface area contributed by atoms with Crippen molar-refractivity contribution in [3.8, 4) is 0 Å². The Bertz CT molecular complexity index is 540. The second-order valence-corrected chi connectivity index (χ2v) is 5.56. The fraction of sp³-hybridized carbons (Fsp3) is 0.375. The lowest BCUT2D eigenvalue weighted by Gasteiger charge is -2.31. The Hall–Kier alpha value is -1.81. The van der Waals surface area contributed by atoms with Crippen LogP contribution in [0.25, 0.3) is 6.08 Å². The van der Waals surface area contributed by atoms with E-state index in [2.05, 4.69) is 5.32 Å². The van der Waals surface area contributed by atoms with Gasteiger partial charge in [0, 0.05) is 31.2 Å². The van der Waals surface area contributed by atoms with Crippen LogP contribution in [-0.4, -0.2) is 36.9 Å². The molecule has 1 N–H and O–H groups in total. The molecule has 1 aromatic rings. The van der Waals surface area contributed by atoms with Gasteiger partial charge in [0.1, 0.15) is 0 Å². The third kappa shape index (κ3) is 4.33. The first-order chi connectivity index (χ1) is 10.1. The summed E-state index contributed by atoms with van der Waals surface area (Å²) in [5, 5.41) is 3.32. The van der Waals surface area contributed by atoms with Crippen LogP contribution in [0.4, 0.5) is 0 Å². The lowest BCUT2D eigenvalue weighted by atomic mass is 9.97. The highest BCUT2D eigenvalue weighted by Gasteiger charge is 2.26. The maximum absolute atomic E-state index is 12.2. The highest BCUT2D eigenvalue weighted by Crippen LogP contribution is 2.17. The van der Waals surface area contributed by atoms with E-state index in [-0.39, 0.29) is 17.7 Å². The van der Waals surface area contributed by atoms with Crippen molar-refractivity contribution in [3.05, 3.63) is 40.9 Å². The minimum atomic E-state index is -0.100. The molecule has 112 valence electrons. The first kappa shape index (κ1) is 15.6. The lowest BCUT2D eigenvalue weighted by molar-refractivity contribution is -0.131. The zero-order valence-corrected chi connectivity index (χ0v) is 12.8. The Balaban J connectivity index is 1.96. The number of hydrogen-bond donors (Lipinski definition) is 1. The summed E-state index contributed by atoms with van der Waals surface area (Å²) >= 11 is 5.82. The summed E-state index contributed by atoms with van der Waals surface area (Å²) in [4.78, 5) is 25.6. The molecular formula is C16H19ClN2O2. The van der Waals surface area contributed by atoms with Crippen molar-refractivity contribution in [2.45, 2.75) is 12.8 Å². The quantitative estimate of drug-likeness (QED) is 0.871. The fourth-order valence-electron chi connectivity index (χ4n) is 2.44. The van der Waals surface area contributed by atoms with Gasteiger partial charge in [-0.2, -0.15) is 0 Å². The van der Waals surface area contributed by atoms with Gasteiger partial charge in [-0.1, -0.05) is 23.7 Å². The standard InChI is InChI=1S/C16H19ClN2O2/c1-18-16(21)13-3-2-10-19(11-13)15(20)9-6-12-4-7-14(17)8-5-12/h4-9,13H,2-3,10-11H2,1H3,(H,18,21)/b9-6-/t13-/m0/s1.